The summed E-state index contributed by atoms with van der Waals surface area (Å²) in [6, 6.07) is 9.71. The number of esters is 2. The topological polar surface area (TPSA) is 84.9 Å². The zero-order chi connectivity index (χ0) is 24.0. The van der Waals surface area contributed by atoms with Crippen molar-refractivity contribution in [1.82, 2.24) is 0 Å². The lowest BCUT2D eigenvalue weighted by molar-refractivity contribution is -0.131. The van der Waals surface area contributed by atoms with Gasteiger partial charge in [-0.1, -0.05) is 32.4 Å². The van der Waals surface area contributed by atoms with E-state index in [2.05, 4.69) is 26.1 Å². The molecule has 0 heterocycles. The Morgan fingerprint density at radius 3 is 2.58 bits per heavy atom. The van der Waals surface area contributed by atoms with Gasteiger partial charge in [-0.05, 0) is 60.9 Å². The quantitative estimate of drug-likeness (QED) is 0.399. The van der Waals surface area contributed by atoms with Gasteiger partial charge < -0.3 is 19.9 Å². The molecule has 3 unspecified atom stereocenters. The van der Waals surface area contributed by atoms with E-state index in [-0.39, 0.29) is 34.0 Å². The molecule has 2 saturated carbocycles. The maximum Gasteiger partial charge on any atom is 0.342 e. The van der Waals surface area contributed by atoms with Crippen molar-refractivity contribution in [1.29, 1.82) is 0 Å². The van der Waals surface area contributed by atoms with Crippen molar-refractivity contribution in [3.8, 4) is 11.5 Å². The van der Waals surface area contributed by atoms with Crippen LogP contribution in [0.4, 0.5) is 5.69 Å². The third-order valence-corrected chi connectivity index (χ3v) is 8.18. The molecule has 4 rings (SSSR count). The van der Waals surface area contributed by atoms with E-state index in [1.54, 1.807) is 30.3 Å². The normalized spacial score (nSPS) is 25.0. The van der Waals surface area contributed by atoms with Crippen LogP contribution >= 0.6 is 11.6 Å². The Balaban J connectivity index is 1.52. The molecule has 2 aromatic carbocycles. The molecule has 33 heavy (non-hydrogen) atoms. The molecule has 0 radical (unpaired) electrons. The molecule has 2 bridgehead atoms. The van der Waals surface area contributed by atoms with E-state index < -0.39 is 11.9 Å². The highest BCUT2D eigenvalue weighted by Crippen LogP contribution is 2.66. The second-order valence-corrected chi connectivity index (χ2v) is 10.4. The van der Waals surface area contributed by atoms with Crippen LogP contribution in [-0.2, 0) is 16.1 Å². The van der Waals surface area contributed by atoms with Gasteiger partial charge in [0.15, 0.2) is 0 Å². The molecular weight excluding hydrogens is 442 g/mol. The van der Waals surface area contributed by atoms with Crippen LogP contribution in [0.15, 0.2) is 36.4 Å². The molecule has 6 nitrogen and oxygen atoms in total. The van der Waals surface area contributed by atoms with E-state index >= 15 is 0 Å². The van der Waals surface area contributed by atoms with Gasteiger partial charge >= 0.3 is 11.9 Å². The smallest absolute Gasteiger partial charge is 0.342 e. The van der Waals surface area contributed by atoms with Crippen molar-refractivity contribution < 1.29 is 24.2 Å². The van der Waals surface area contributed by atoms with Gasteiger partial charge in [-0.25, -0.2) is 4.79 Å². The van der Waals surface area contributed by atoms with Crippen LogP contribution in [0.1, 0.15) is 62.9 Å². The van der Waals surface area contributed by atoms with Gasteiger partial charge in [0.25, 0.3) is 0 Å². The summed E-state index contributed by atoms with van der Waals surface area (Å²) in [6.07, 6.45) is 2.91. The highest BCUT2D eigenvalue weighted by atomic mass is 35.5. The van der Waals surface area contributed by atoms with Gasteiger partial charge in [-0.15, -0.1) is 0 Å². The Morgan fingerprint density at radius 1 is 1.18 bits per heavy atom. The largest absolute Gasteiger partial charge is 0.508 e. The zero-order valence-electron chi connectivity index (χ0n) is 19.4. The number of phenolic OH excluding ortho intramolecular Hbond substituents is 1. The van der Waals surface area contributed by atoms with E-state index in [4.69, 9.17) is 21.1 Å². The van der Waals surface area contributed by atoms with E-state index in [0.717, 1.165) is 12.8 Å². The second kappa shape index (κ2) is 8.56. The molecule has 2 aliphatic carbocycles. The molecule has 2 aromatic rings. The van der Waals surface area contributed by atoms with Crippen LogP contribution in [0.25, 0.3) is 0 Å². The number of fused-ring (bicyclic) bond motifs is 2. The van der Waals surface area contributed by atoms with Crippen molar-refractivity contribution in [2.75, 3.05) is 5.32 Å². The molecule has 0 amide bonds. The van der Waals surface area contributed by atoms with E-state index in [1.165, 1.54) is 19.4 Å². The number of phenols is 1. The van der Waals surface area contributed by atoms with Gasteiger partial charge in [-0.3, -0.25) is 4.79 Å². The Labute approximate surface area is 199 Å². The van der Waals surface area contributed by atoms with Crippen LogP contribution in [0, 0.1) is 16.7 Å². The first-order valence-electron chi connectivity index (χ1n) is 11.3. The van der Waals surface area contributed by atoms with Gasteiger partial charge in [0.05, 0.1) is 0 Å². The number of ether oxygens (including phenoxy) is 2. The number of halogens is 1. The summed E-state index contributed by atoms with van der Waals surface area (Å²) in [5.41, 5.74) is 1.51. The standard InChI is InChI=1S/C26H30ClNO5/c1-15(29)32-22-13-19(28-14-16-11-18(27)5-8-21(16)30)6-7-20(22)24(31)33-23-12-17-9-10-26(23,4)25(17,2)3/h5-8,11,13,17,23,28,30H,9-10,12,14H2,1-4H3. The maximum absolute atomic E-state index is 13.1. The third kappa shape index (κ3) is 4.29. The number of hydrogen-bond acceptors (Lipinski definition) is 6. The summed E-state index contributed by atoms with van der Waals surface area (Å²) in [6.45, 7) is 8.33. The van der Waals surface area contributed by atoms with E-state index in [0.29, 0.717) is 28.7 Å². The van der Waals surface area contributed by atoms with Gasteiger partial charge in [0.1, 0.15) is 23.2 Å². The zero-order valence-corrected chi connectivity index (χ0v) is 20.2. The predicted octanol–water partition coefficient (Wildman–Crippen LogP) is 5.95. The molecule has 0 spiro atoms. The molecule has 0 aliphatic heterocycles. The molecule has 2 fully saturated rings. The van der Waals surface area contributed by atoms with Crippen molar-refractivity contribution in [3.05, 3.63) is 52.5 Å². The summed E-state index contributed by atoms with van der Waals surface area (Å²) in [5, 5.41) is 13.7. The van der Waals surface area contributed by atoms with E-state index in [9.17, 15) is 14.7 Å². The second-order valence-electron chi connectivity index (χ2n) is 9.94. The number of nitrogens with one attached hydrogen (secondary N) is 1. The lowest BCUT2D eigenvalue weighted by atomic mass is 9.70. The minimum atomic E-state index is -0.526. The van der Waals surface area contributed by atoms with Crippen LogP contribution in [0.5, 0.6) is 11.5 Å². The summed E-state index contributed by atoms with van der Waals surface area (Å²) in [4.78, 5) is 24.8. The van der Waals surface area contributed by atoms with Crippen LogP contribution in [0.3, 0.4) is 0 Å². The summed E-state index contributed by atoms with van der Waals surface area (Å²) in [7, 11) is 0. The average molecular weight is 472 g/mol. The molecule has 0 aromatic heterocycles. The predicted molar refractivity (Wildman–Crippen MR) is 127 cm³/mol. The maximum atomic E-state index is 13.1. The summed E-state index contributed by atoms with van der Waals surface area (Å²) < 4.78 is 11.3. The Bertz CT molecular complexity index is 1100. The van der Waals surface area contributed by atoms with Crippen molar-refractivity contribution in [2.24, 2.45) is 16.7 Å². The average Bonchev–Trinajstić information content (AvgIpc) is 3.07. The highest BCUT2D eigenvalue weighted by Gasteiger charge is 2.62. The number of aromatic hydroxyl groups is 1. The number of anilines is 1. The lowest BCUT2D eigenvalue weighted by Gasteiger charge is -2.38. The van der Waals surface area contributed by atoms with Gasteiger partial charge in [-0.2, -0.15) is 0 Å². The first kappa shape index (κ1) is 23.4. The fraction of sp³-hybridized carbons (Fsp3) is 0.462. The third-order valence-electron chi connectivity index (χ3n) is 7.94. The molecular formula is C26H30ClNO5. The van der Waals surface area contributed by atoms with Gasteiger partial charge in [0, 0.05) is 41.2 Å². The molecule has 2 N–H and O–H groups in total. The Kier molecular flexibility index (Phi) is 6.08. The molecule has 3 atom stereocenters. The minimum Gasteiger partial charge on any atom is -0.508 e. The first-order chi connectivity index (χ1) is 15.5. The highest BCUT2D eigenvalue weighted by molar-refractivity contribution is 6.30. The first-order valence-corrected chi connectivity index (χ1v) is 11.6. The van der Waals surface area contributed by atoms with Crippen LogP contribution < -0.4 is 10.1 Å². The van der Waals surface area contributed by atoms with Crippen LogP contribution in [-0.4, -0.2) is 23.1 Å². The SMILES string of the molecule is CC(=O)Oc1cc(NCc2cc(Cl)ccc2O)ccc1C(=O)OC1CC2CCC1(C)C2(C)C. The van der Waals surface area contributed by atoms with E-state index in [1.807, 2.05) is 0 Å². The number of carbonyl (C=O) groups excluding carboxylic acids is 2. The molecule has 176 valence electrons. The summed E-state index contributed by atoms with van der Waals surface area (Å²) in [5.74, 6) is -0.209. The monoisotopic (exact) mass is 471 g/mol. The summed E-state index contributed by atoms with van der Waals surface area (Å²) >= 11 is 6.01. The Hall–Kier alpha value is -2.73. The Morgan fingerprint density at radius 2 is 1.94 bits per heavy atom. The molecule has 2 aliphatic rings. The molecule has 7 heteroatoms. The van der Waals surface area contributed by atoms with Crippen molar-refractivity contribution in [3.63, 3.8) is 0 Å². The minimum absolute atomic E-state index is 0.0601. The van der Waals surface area contributed by atoms with Crippen LogP contribution in [0.2, 0.25) is 5.02 Å². The van der Waals surface area contributed by atoms with Gasteiger partial charge in [0.2, 0.25) is 0 Å². The lowest BCUT2D eigenvalue weighted by Crippen LogP contribution is -2.38. The number of benzene rings is 2. The number of rotatable bonds is 6. The number of carbonyl (C=O) groups is 2. The fourth-order valence-electron chi connectivity index (χ4n) is 5.43. The number of hydrogen-bond donors (Lipinski definition) is 2. The fourth-order valence-corrected chi connectivity index (χ4v) is 5.63. The van der Waals surface area contributed by atoms with Crippen molar-refractivity contribution in [2.45, 2.75) is 59.6 Å². The van der Waals surface area contributed by atoms with Crippen molar-refractivity contribution >= 4 is 29.2 Å². The molecule has 0 saturated heterocycles.